The van der Waals surface area contributed by atoms with Crippen molar-refractivity contribution in [1.82, 2.24) is 15.2 Å². The number of hydrogen-bond donors (Lipinski definition) is 3. The van der Waals surface area contributed by atoms with Gasteiger partial charge >= 0.3 is 5.97 Å². The quantitative estimate of drug-likeness (QED) is 0.642. The molecule has 2 aromatic heterocycles. The van der Waals surface area contributed by atoms with Gasteiger partial charge < -0.3 is 10.1 Å². The summed E-state index contributed by atoms with van der Waals surface area (Å²) in [6.45, 7) is 0. The van der Waals surface area contributed by atoms with Crippen LogP contribution in [0.3, 0.4) is 0 Å². The van der Waals surface area contributed by atoms with Gasteiger partial charge in [-0.1, -0.05) is 0 Å². The molecule has 2 heterocycles. The molecule has 2 rings (SSSR count). The maximum Gasteiger partial charge on any atom is 0.352 e. The molecule has 0 aliphatic heterocycles. The van der Waals surface area contributed by atoms with Gasteiger partial charge in [0.15, 0.2) is 0 Å². The Kier molecular flexibility index (Phi) is 1.63. The van der Waals surface area contributed by atoms with Crippen LogP contribution in [0.25, 0.3) is 11.3 Å². The van der Waals surface area contributed by atoms with E-state index in [1.54, 1.807) is 18.5 Å². The van der Waals surface area contributed by atoms with E-state index in [2.05, 4.69) is 15.2 Å². The molecule has 0 atom stereocenters. The Balaban J connectivity index is 2.39. The van der Waals surface area contributed by atoms with Gasteiger partial charge in [-0.2, -0.15) is 5.10 Å². The van der Waals surface area contributed by atoms with E-state index >= 15 is 0 Å². The van der Waals surface area contributed by atoms with Gasteiger partial charge in [0.1, 0.15) is 5.69 Å². The van der Waals surface area contributed by atoms with Gasteiger partial charge in [-0.05, 0) is 12.1 Å². The summed E-state index contributed by atoms with van der Waals surface area (Å²) in [4.78, 5) is 13.3. The number of H-pyrrole nitrogens is 2. The van der Waals surface area contributed by atoms with Crippen LogP contribution in [0.4, 0.5) is 0 Å². The van der Waals surface area contributed by atoms with Crippen molar-refractivity contribution in [1.29, 1.82) is 0 Å². The Morgan fingerprint density at radius 3 is 2.85 bits per heavy atom. The van der Waals surface area contributed by atoms with Crippen molar-refractivity contribution in [2.24, 2.45) is 0 Å². The van der Waals surface area contributed by atoms with Crippen LogP contribution < -0.4 is 0 Å². The first-order valence-electron chi connectivity index (χ1n) is 3.69. The van der Waals surface area contributed by atoms with Gasteiger partial charge in [0.2, 0.25) is 0 Å². The second-order valence-corrected chi connectivity index (χ2v) is 2.58. The topological polar surface area (TPSA) is 81.8 Å². The highest BCUT2D eigenvalue weighted by Gasteiger charge is 2.06. The fraction of sp³-hybridized carbons (Fsp3) is 0. The summed E-state index contributed by atoms with van der Waals surface area (Å²) in [6, 6.07) is 3.22. The zero-order valence-electron chi connectivity index (χ0n) is 6.61. The summed E-state index contributed by atoms with van der Waals surface area (Å²) in [6.07, 6.45) is 3.31. The predicted molar refractivity (Wildman–Crippen MR) is 45.3 cm³/mol. The Labute approximate surface area is 73.4 Å². The molecule has 0 aliphatic carbocycles. The van der Waals surface area contributed by atoms with Crippen LogP contribution in [-0.4, -0.2) is 26.3 Å². The number of nitrogens with one attached hydrogen (secondary N) is 2. The molecule has 0 saturated carbocycles. The van der Waals surface area contributed by atoms with E-state index in [1.807, 2.05) is 0 Å². The Morgan fingerprint density at radius 2 is 2.31 bits per heavy atom. The molecule has 0 aromatic carbocycles. The number of carbonyl (C=O) groups is 1. The molecule has 0 aliphatic rings. The predicted octanol–water partition coefficient (Wildman–Crippen LogP) is 1.10. The van der Waals surface area contributed by atoms with Crippen LogP contribution in [0, 0.1) is 0 Å². The fourth-order valence-electron chi connectivity index (χ4n) is 1.09. The molecule has 2 aromatic rings. The average Bonchev–Trinajstić information content (AvgIpc) is 2.75. The van der Waals surface area contributed by atoms with E-state index in [0.29, 0.717) is 0 Å². The van der Waals surface area contributed by atoms with E-state index in [-0.39, 0.29) is 5.69 Å². The normalized spacial score (nSPS) is 10.2. The number of hydrogen-bond acceptors (Lipinski definition) is 2. The van der Waals surface area contributed by atoms with Crippen LogP contribution in [0.2, 0.25) is 0 Å². The Bertz CT molecular complexity index is 416. The molecular formula is C8H7N3O2. The first-order valence-corrected chi connectivity index (χ1v) is 3.69. The van der Waals surface area contributed by atoms with Gasteiger partial charge in [0, 0.05) is 17.5 Å². The van der Waals surface area contributed by atoms with Crippen molar-refractivity contribution in [3.05, 3.63) is 30.2 Å². The van der Waals surface area contributed by atoms with Gasteiger partial charge in [-0.25, -0.2) is 4.79 Å². The summed E-state index contributed by atoms with van der Waals surface area (Å²) in [5.74, 6) is -0.963. The molecule has 0 bridgehead atoms. The molecule has 5 nitrogen and oxygen atoms in total. The number of rotatable bonds is 2. The van der Waals surface area contributed by atoms with Crippen LogP contribution in [0.15, 0.2) is 24.5 Å². The number of aromatic nitrogens is 3. The molecule has 0 unspecified atom stereocenters. The lowest BCUT2D eigenvalue weighted by atomic mass is 10.3. The first-order chi connectivity index (χ1) is 6.27. The van der Waals surface area contributed by atoms with Gasteiger partial charge in [-0.3, -0.25) is 5.10 Å². The molecule has 3 N–H and O–H groups in total. The minimum absolute atomic E-state index is 0.177. The molecule has 0 fully saturated rings. The van der Waals surface area contributed by atoms with Gasteiger partial charge in [0.25, 0.3) is 0 Å². The summed E-state index contributed by atoms with van der Waals surface area (Å²) < 4.78 is 0. The van der Waals surface area contributed by atoms with Crippen molar-refractivity contribution in [3.8, 4) is 11.3 Å². The monoisotopic (exact) mass is 177 g/mol. The minimum Gasteiger partial charge on any atom is -0.477 e. The molecule has 0 spiro atoms. The summed E-state index contributed by atoms with van der Waals surface area (Å²) in [5, 5.41) is 15.1. The van der Waals surface area contributed by atoms with Crippen molar-refractivity contribution < 1.29 is 9.90 Å². The van der Waals surface area contributed by atoms with Crippen LogP contribution in [0.5, 0.6) is 0 Å². The number of aromatic amines is 2. The van der Waals surface area contributed by atoms with E-state index < -0.39 is 5.97 Å². The molecule has 0 radical (unpaired) electrons. The second kappa shape index (κ2) is 2.78. The Morgan fingerprint density at radius 1 is 1.46 bits per heavy atom. The van der Waals surface area contributed by atoms with E-state index in [1.165, 1.54) is 6.07 Å². The highest BCUT2D eigenvalue weighted by molar-refractivity contribution is 5.86. The third kappa shape index (κ3) is 1.31. The van der Waals surface area contributed by atoms with Crippen molar-refractivity contribution in [3.63, 3.8) is 0 Å². The number of carboxylic acids is 1. The lowest BCUT2D eigenvalue weighted by Gasteiger charge is -1.89. The minimum atomic E-state index is -0.963. The first kappa shape index (κ1) is 7.60. The highest BCUT2D eigenvalue weighted by atomic mass is 16.4. The standard InChI is InChI=1S/C8H7N3O2/c12-8(13)7-2-1-6(11-7)5-3-9-10-4-5/h1-4,11H,(H,9,10)(H,12,13). The van der Waals surface area contributed by atoms with Crippen molar-refractivity contribution in [2.45, 2.75) is 0 Å². The summed E-state index contributed by atoms with van der Waals surface area (Å²) in [5.41, 5.74) is 1.76. The smallest absolute Gasteiger partial charge is 0.352 e. The van der Waals surface area contributed by atoms with E-state index in [4.69, 9.17) is 5.11 Å². The van der Waals surface area contributed by atoms with Crippen LogP contribution >= 0.6 is 0 Å². The third-order valence-electron chi connectivity index (χ3n) is 1.73. The molecular weight excluding hydrogens is 170 g/mol. The maximum atomic E-state index is 10.5. The number of aromatic carboxylic acids is 1. The molecule has 66 valence electrons. The van der Waals surface area contributed by atoms with Crippen molar-refractivity contribution >= 4 is 5.97 Å². The highest BCUT2D eigenvalue weighted by Crippen LogP contribution is 2.16. The zero-order chi connectivity index (χ0) is 9.26. The lowest BCUT2D eigenvalue weighted by Crippen LogP contribution is -1.95. The molecule has 0 amide bonds. The summed E-state index contributed by atoms with van der Waals surface area (Å²) in [7, 11) is 0. The molecule has 5 heteroatoms. The second-order valence-electron chi connectivity index (χ2n) is 2.58. The Hall–Kier alpha value is -2.04. The van der Waals surface area contributed by atoms with Crippen LogP contribution in [-0.2, 0) is 0 Å². The van der Waals surface area contributed by atoms with E-state index in [0.717, 1.165) is 11.3 Å². The van der Waals surface area contributed by atoms with Gasteiger partial charge in [-0.15, -0.1) is 0 Å². The third-order valence-corrected chi connectivity index (χ3v) is 1.73. The maximum absolute atomic E-state index is 10.5. The van der Waals surface area contributed by atoms with Crippen LogP contribution in [0.1, 0.15) is 10.5 Å². The summed E-state index contributed by atoms with van der Waals surface area (Å²) >= 11 is 0. The van der Waals surface area contributed by atoms with Gasteiger partial charge in [0.05, 0.1) is 6.20 Å². The number of nitrogens with zero attached hydrogens (tertiary/aromatic N) is 1. The largest absolute Gasteiger partial charge is 0.477 e. The average molecular weight is 177 g/mol. The zero-order valence-corrected chi connectivity index (χ0v) is 6.61. The SMILES string of the molecule is O=C(O)c1ccc(-c2cn[nH]c2)[nH]1. The van der Waals surface area contributed by atoms with Crippen molar-refractivity contribution in [2.75, 3.05) is 0 Å². The fourth-order valence-corrected chi connectivity index (χ4v) is 1.09. The van der Waals surface area contributed by atoms with E-state index in [9.17, 15) is 4.79 Å². The molecule has 13 heavy (non-hydrogen) atoms. The number of carboxylic acid groups (broad SMARTS) is 1. The molecule has 0 saturated heterocycles. The lowest BCUT2D eigenvalue weighted by molar-refractivity contribution is 0.0691.